The molecular formula is C17H18ClNO. The van der Waals surface area contributed by atoms with Crippen molar-refractivity contribution in [2.24, 2.45) is 4.99 Å². The van der Waals surface area contributed by atoms with Gasteiger partial charge in [0.2, 0.25) is 0 Å². The first-order valence-corrected chi connectivity index (χ1v) is 6.95. The second-order valence-corrected chi connectivity index (χ2v) is 5.33. The topological polar surface area (TPSA) is 21.6 Å². The van der Waals surface area contributed by atoms with Crippen molar-refractivity contribution < 1.29 is 4.74 Å². The molecule has 2 aromatic carbocycles. The van der Waals surface area contributed by atoms with Crippen LogP contribution >= 0.6 is 11.6 Å². The van der Waals surface area contributed by atoms with Gasteiger partial charge in [0.15, 0.2) is 0 Å². The van der Waals surface area contributed by atoms with Crippen molar-refractivity contribution in [3.8, 4) is 5.75 Å². The van der Waals surface area contributed by atoms with E-state index in [2.05, 4.69) is 43.1 Å². The van der Waals surface area contributed by atoms with E-state index in [4.69, 9.17) is 16.3 Å². The highest BCUT2D eigenvalue weighted by Gasteiger charge is 2.02. The van der Waals surface area contributed by atoms with Crippen LogP contribution in [0.3, 0.4) is 0 Å². The standard InChI is InChI=1S/C17H18ClNO/c1-12(2)14-6-4-13(5-7-14)11-19-16-10-15(18)8-9-17(16)20-3/h4-12H,1-3H3. The monoisotopic (exact) mass is 287 g/mol. The lowest BCUT2D eigenvalue weighted by Gasteiger charge is -2.05. The predicted molar refractivity (Wildman–Crippen MR) is 85.8 cm³/mol. The minimum absolute atomic E-state index is 0.536. The number of ether oxygens (including phenoxy) is 1. The van der Waals surface area contributed by atoms with Gasteiger partial charge in [0.25, 0.3) is 0 Å². The zero-order valence-corrected chi connectivity index (χ0v) is 12.7. The summed E-state index contributed by atoms with van der Waals surface area (Å²) in [4.78, 5) is 4.45. The summed E-state index contributed by atoms with van der Waals surface area (Å²) >= 11 is 5.98. The molecule has 0 bridgehead atoms. The molecule has 0 aromatic heterocycles. The van der Waals surface area contributed by atoms with Gasteiger partial charge in [0, 0.05) is 11.2 Å². The van der Waals surface area contributed by atoms with E-state index < -0.39 is 0 Å². The first-order chi connectivity index (χ1) is 9.60. The van der Waals surface area contributed by atoms with Crippen LogP contribution in [-0.2, 0) is 0 Å². The first-order valence-electron chi connectivity index (χ1n) is 6.57. The van der Waals surface area contributed by atoms with E-state index in [1.807, 2.05) is 12.3 Å². The molecule has 0 heterocycles. The largest absolute Gasteiger partial charge is 0.494 e. The summed E-state index contributed by atoms with van der Waals surface area (Å²) in [7, 11) is 1.62. The van der Waals surface area contributed by atoms with E-state index in [9.17, 15) is 0 Å². The SMILES string of the molecule is COc1ccc(Cl)cc1N=Cc1ccc(C(C)C)cc1. The molecule has 0 atom stereocenters. The van der Waals surface area contributed by atoms with Gasteiger partial charge < -0.3 is 4.74 Å². The van der Waals surface area contributed by atoms with Crippen LogP contribution in [0.5, 0.6) is 5.75 Å². The Balaban J connectivity index is 2.22. The second-order valence-electron chi connectivity index (χ2n) is 4.90. The van der Waals surface area contributed by atoms with Gasteiger partial charge in [-0.3, -0.25) is 4.99 Å². The molecule has 0 radical (unpaired) electrons. The Bertz CT molecular complexity index is 603. The highest BCUT2D eigenvalue weighted by atomic mass is 35.5. The lowest BCUT2D eigenvalue weighted by Crippen LogP contribution is -1.88. The zero-order valence-electron chi connectivity index (χ0n) is 11.9. The van der Waals surface area contributed by atoms with Crippen molar-refractivity contribution >= 4 is 23.5 Å². The Labute approximate surface area is 125 Å². The summed E-state index contributed by atoms with van der Waals surface area (Å²) in [5.74, 6) is 1.25. The number of nitrogens with zero attached hydrogens (tertiary/aromatic N) is 1. The minimum Gasteiger partial charge on any atom is -0.494 e. The summed E-state index contributed by atoms with van der Waals surface area (Å²) in [6, 6.07) is 13.8. The molecular weight excluding hydrogens is 270 g/mol. The van der Waals surface area contributed by atoms with Crippen LogP contribution in [0, 0.1) is 0 Å². The molecule has 0 saturated carbocycles. The summed E-state index contributed by atoms with van der Waals surface area (Å²) in [5.41, 5.74) is 3.10. The third kappa shape index (κ3) is 3.61. The van der Waals surface area contributed by atoms with Crippen LogP contribution in [-0.4, -0.2) is 13.3 Å². The van der Waals surface area contributed by atoms with Crippen molar-refractivity contribution in [2.75, 3.05) is 7.11 Å². The van der Waals surface area contributed by atoms with Gasteiger partial charge in [-0.05, 0) is 35.2 Å². The normalized spacial score (nSPS) is 11.2. The number of hydrogen-bond acceptors (Lipinski definition) is 2. The molecule has 0 amide bonds. The smallest absolute Gasteiger partial charge is 0.144 e. The molecule has 0 spiro atoms. The average Bonchev–Trinajstić information content (AvgIpc) is 2.45. The summed E-state index contributed by atoms with van der Waals surface area (Å²) in [6.45, 7) is 4.36. The number of rotatable bonds is 4. The molecule has 20 heavy (non-hydrogen) atoms. The minimum atomic E-state index is 0.536. The molecule has 104 valence electrons. The maximum Gasteiger partial charge on any atom is 0.144 e. The van der Waals surface area contributed by atoms with E-state index in [0.29, 0.717) is 16.7 Å². The van der Waals surface area contributed by atoms with Crippen LogP contribution in [0.2, 0.25) is 5.02 Å². The quantitative estimate of drug-likeness (QED) is 0.706. The Morgan fingerprint density at radius 1 is 1.10 bits per heavy atom. The van der Waals surface area contributed by atoms with Crippen LogP contribution in [0.1, 0.15) is 30.9 Å². The van der Waals surface area contributed by atoms with E-state index in [-0.39, 0.29) is 0 Å². The molecule has 3 heteroatoms. The van der Waals surface area contributed by atoms with Crippen molar-refractivity contribution in [1.29, 1.82) is 0 Å². The van der Waals surface area contributed by atoms with E-state index >= 15 is 0 Å². The maximum absolute atomic E-state index is 5.98. The van der Waals surface area contributed by atoms with Crippen LogP contribution in [0.4, 0.5) is 5.69 Å². The van der Waals surface area contributed by atoms with Crippen LogP contribution in [0.25, 0.3) is 0 Å². The van der Waals surface area contributed by atoms with Crippen molar-refractivity contribution in [3.05, 3.63) is 58.6 Å². The summed E-state index contributed by atoms with van der Waals surface area (Å²) in [6.07, 6.45) is 1.82. The number of halogens is 1. The highest BCUT2D eigenvalue weighted by Crippen LogP contribution is 2.30. The third-order valence-corrected chi connectivity index (χ3v) is 3.33. The van der Waals surface area contributed by atoms with Gasteiger partial charge in [-0.1, -0.05) is 49.7 Å². The molecule has 2 nitrogen and oxygen atoms in total. The predicted octanol–water partition coefficient (Wildman–Crippen LogP) is 5.22. The molecule has 0 aliphatic rings. The number of methoxy groups -OCH3 is 1. The van der Waals surface area contributed by atoms with Gasteiger partial charge in [-0.2, -0.15) is 0 Å². The Kier molecular flexibility index (Phi) is 4.80. The van der Waals surface area contributed by atoms with E-state index in [1.165, 1.54) is 5.56 Å². The van der Waals surface area contributed by atoms with Crippen LogP contribution < -0.4 is 4.74 Å². The van der Waals surface area contributed by atoms with Crippen molar-refractivity contribution in [1.82, 2.24) is 0 Å². The van der Waals surface area contributed by atoms with Gasteiger partial charge in [-0.15, -0.1) is 0 Å². The van der Waals surface area contributed by atoms with E-state index in [0.717, 1.165) is 11.3 Å². The third-order valence-electron chi connectivity index (χ3n) is 3.10. The average molecular weight is 288 g/mol. The summed E-state index contributed by atoms with van der Waals surface area (Å²) in [5, 5.41) is 0.646. The molecule has 0 fully saturated rings. The molecule has 0 aliphatic carbocycles. The Morgan fingerprint density at radius 2 is 1.80 bits per heavy atom. The lowest BCUT2D eigenvalue weighted by atomic mass is 10.0. The number of hydrogen-bond donors (Lipinski definition) is 0. The van der Waals surface area contributed by atoms with Crippen LogP contribution in [0.15, 0.2) is 47.5 Å². The lowest BCUT2D eigenvalue weighted by molar-refractivity contribution is 0.416. The molecule has 2 aromatic rings. The molecule has 0 N–H and O–H groups in total. The fourth-order valence-electron chi connectivity index (χ4n) is 1.88. The molecule has 2 rings (SSSR count). The van der Waals surface area contributed by atoms with E-state index in [1.54, 1.807) is 19.2 Å². The van der Waals surface area contributed by atoms with Gasteiger partial charge in [0.05, 0.1) is 7.11 Å². The Morgan fingerprint density at radius 3 is 2.40 bits per heavy atom. The highest BCUT2D eigenvalue weighted by molar-refractivity contribution is 6.30. The van der Waals surface area contributed by atoms with Crippen molar-refractivity contribution in [2.45, 2.75) is 19.8 Å². The fourth-order valence-corrected chi connectivity index (χ4v) is 2.04. The number of aliphatic imine (C=N–C) groups is 1. The zero-order chi connectivity index (χ0) is 14.5. The van der Waals surface area contributed by atoms with Crippen molar-refractivity contribution in [3.63, 3.8) is 0 Å². The fraction of sp³-hybridized carbons (Fsp3) is 0.235. The molecule has 0 aliphatic heterocycles. The van der Waals surface area contributed by atoms with Gasteiger partial charge in [-0.25, -0.2) is 0 Å². The molecule has 0 unspecified atom stereocenters. The maximum atomic E-state index is 5.98. The molecule has 0 saturated heterocycles. The second kappa shape index (κ2) is 6.58. The first kappa shape index (κ1) is 14.6. The van der Waals surface area contributed by atoms with Gasteiger partial charge in [0.1, 0.15) is 11.4 Å². The summed E-state index contributed by atoms with van der Waals surface area (Å²) < 4.78 is 5.27. The van der Waals surface area contributed by atoms with Gasteiger partial charge >= 0.3 is 0 Å². The number of benzene rings is 2. The Hall–Kier alpha value is -1.80.